The summed E-state index contributed by atoms with van der Waals surface area (Å²) < 4.78 is 32.1. The molecular weight excluding hydrogens is 360 g/mol. The smallest absolute Gasteiger partial charge is 0.294 e. The molecule has 132 valence electrons. The number of nitrogens with two attached hydrogens (primary N) is 1. The minimum atomic E-state index is -4.28. The second-order valence-corrected chi connectivity index (χ2v) is 8.88. The lowest BCUT2D eigenvalue weighted by Crippen LogP contribution is -2.21. The normalized spacial score (nSPS) is 14.3. The third-order valence-electron chi connectivity index (χ3n) is 3.46. The summed E-state index contributed by atoms with van der Waals surface area (Å²) in [7, 11) is -4.28. The van der Waals surface area contributed by atoms with Crippen LogP contribution in [0.25, 0.3) is 10.2 Å². The van der Waals surface area contributed by atoms with Crippen LogP contribution in [0.4, 0.5) is 5.13 Å². The van der Waals surface area contributed by atoms with E-state index in [-0.39, 0.29) is 10.3 Å². The molecule has 2 rings (SSSR count). The van der Waals surface area contributed by atoms with Crippen molar-refractivity contribution in [2.75, 3.05) is 0 Å². The Morgan fingerprint density at radius 2 is 2.04 bits per heavy atom. The number of fused-ring (bicyclic) bond motifs is 1. The van der Waals surface area contributed by atoms with E-state index in [2.05, 4.69) is 16.0 Å². The number of thiazole rings is 1. The average Bonchev–Trinajstić information content (AvgIpc) is 2.87. The third kappa shape index (κ3) is 4.22. The lowest BCUT2D eigenvalue weighted by Gasteiger charge is -2.20. The van der Waals surface area contributed by atoms with Gasteiger partial charge in [0.05, 0.1) is 26.4 Å². The molecule has 7 nitrogen and oxygen atoms in total. The summed E-state index contributed by atoms with van der Waals surface area (Å²) in [6.45, 7) is 7.39. The first kappa shape index (κ1) is 19.1. The molecule has 1 aromatic heterocycles. The quantitative estimate of drug-likeness (QED) is 0.478. The van der Waals surface area contributed by atoms with Crippen molar-refractivity contribution in [3.8, 4) is 6.07 Å². The van der Waals surface area contributed by atoms with Crippen molar-refractivity contribution in [3.63, 3.8) is 0 Å². The number of hydrogen-bond donors (Lipinski definition) is 2. The topological polar surface area (TPSA) is 129 Å². The van der Waals surface area contributed by atoms with Crippen molar-refractivity contribution in [2.24, 2.45) is 16.1 Å². The maximum absolute atomic E-state index is 11.2. The average molecular weight is 378 g/mol. The molecular formula is C16H18N4O3S2. The molecule has 0 spiro atoms. The molecule has 2 aromatic rings. The van der Waals surface area contributed by atoms with E-state index in [1.807, 2.05) is 20.8 Å². The van der Waals surface area contributed by atoms with Crippen LogP contribution in [-0.2, 0) is 10.1 Å². The first-order chi connectivity index (χ1) is 11.4. The van der Waals surface area contributed by atoms with Crippen LogP contribution in [0.1, 0.15) is 27.7 Å². The van der Waals surface area contributed by atoms with Gasteiger partial charge in [0.25, 0.3) is 10.1 Å². The number of rotatable bonds is 3. The highest BCUT2D eigenvalue weighted by Gasteiger charge is 2.20. The molecule has 0 unspecified atom stereocenters. The van der Waals surface area contributed by atoms with Crippen molar-refractivity contribution in [3.05, 3.63) is 29.5 Å². The highest BCUT2D eigenvalue weighted by Crippen LogP contribution is 2.31. The van der Waals surface area contributed by atoms with Crippen LogP contribution in [0.2, 0.25) is 0 Å². The van der Waals surface area contributed by atoms with E-state index in [4.69, 9.17) is 10.3 Å². The van der Waals surface area contributed by atoms with Crippen molar-refractivity contribution in [1.29, 1.82) is 5.26 Å². The van der Waals surface area contributed by atoms with Crippen LogP contribution in [0.15, 0.2) is 39.4 Å². The molecule has 0 bridgehead atoms. The molecule has 0 amide bonds. The second-order valence-electron chi connectivity index (χ2n) is 6.45. The Morgan fingerprint density at radius 1 is 1.40 bits per heavy atom. The Hall–Kier alpha value is -2.28. The Balaban J connectivity index is 2.52. The molecule has 3 N–H and O–H groups in total. The van der Waals surface area contributed by atoms with Crippen LogP contribution in [0, 0.1) is 16.7 Å². The molecule has 9 heteroatoms. The van der Waals surface area contributed by atoms with Gasteiger partial charge in [0.1, 0.15) is 6.07 Å². The third-order valence-corrected chi connectivity index (χ3v) is 5.22. The summed E-state index contributed by atoms with van der Waals surface area (Å²) >= 11 is 1.16. The van der Waals surface area contributed by atoms with E-state index in [9.17, 15) is 13.7 Å². The van der Waals surface area contributed by atoms with E-state index in [1.165, 1.54) is 18.2 Å². The molecule has 1 aromatic carbocycles. The van der Waals surface area contributed by atoms with E-state index < -0.39 is 10.1 Å². The van der Waals surface area contributed by atoms with Crippen LogP contribution in [0.5, 0.6) is 0 Å². The standard InChI is InChI=1S/C16H18N4O3S2/c1-9(11(8-17)14(18)16(2,3)4)19-15-20-12-6-5-10(25(21,22)23)7-13(12)24-15/h5-7H,18H2,1-4H3,(H,21,22,23). The summed E-state index contributed by atoms with van der Waals surface area (Å²) in [6, 6.07) is 6.18. The first-order valence-electron chi connectivity index (χ1n) is 7.27. The van der Waals surface area contributed by atoms with Gasteiger partial charge in [-0.05, 0) is 25.1 Å². The van der Waals surface area contributed by atoms with Crippen LogP contribution < -0.4 is 5.73 Å². The second kappa shape index (κ2) is 6.55. The van der Waals surface area contributed by atoms with Crippen LogP contribution >= 0.6 is 11.3 Å². The minimum Gasteiger partial charge on any atom is -0.400 e. The highest BCUT2D eigenvalue weighted by atomic mass is 32.2. The molecule has 0 fully saturated rings. The van der Waals surface area contributed by atoms with Gasteiger partial charge in [-0.2, -0.15) is 13.7 Å². The Labute approximate surface area is 150 Å². The molecule has 0 saturated heterocycles. The van der Waals surface area contributed by atoms with Crippen molar-refractivity contribution in [2.45, 2.75) is 32.6 Å². The van der Waals surface area contributed by atoms with Gasteiger partial charge in [0.2, 0.25) is 5.13 Å². The maximum atomic E-state index is 11.2. The monoisotopic (exact) mass is 378 g/mol. The number of nitriles is 1. The molecule has 0 aliphatic rings. The van der Waals surface area contributed by atoms with Gasteiger partial charge in [0, 0.05) is 11.1 Å². The van der Waals surface area contributed by atoms with Crippen molar-refractivity contribution >= 4 is 42.5 Å². The first-order valence-corrected chi connectivity index (χ1v) is 9.53. The number of aliphatic imine (C=N–C) groups is 1. The number of benzene rings is 1. The maximum Gasteiger partial charge on any atom is 0.294 e. The number of hydrogen-bond acceptors (Lipinski definition) is 7. The van der Waals surface area contributed by atoms with Gasteiger partial charge in [-0.15, -0.1) is 0 Å². The SMILES string of the molecule is CC(=Nc1nc2ccc(S(=O)(=O)O)cc2s1)C(C#N)=C(N)C(C)(C)C. The van der Waals surface area contributed by atoms with Gasteiger partial charge < -0.3 is 5.73 Å². The van der Waals surface area contributed by atoms with Gasteiger partial charge >= 0.3 is 0 Å². The summed E-state index contributed by atoms with van der Waals surface area (Å²) in [5, 5.41) is 9.76. The minimum absolute atomic E-state index is 0.203. The fraction of sp³-hybridized carbons (Fsp3) is 0.312. The van der Waals surface area contributed by atoms with Gasteiger partial charge in [-0.3, -0.25) is 4.55 Å². The molecule has 0 radical (unpaired) electrons. The van der Waals surface area contributed by atoms with Crippen molar-refractivity contribution < 1.29 is 13.0 Å². The zero-order chi connectivity index (χ0) is 19.0. The highest BCUT2D eigenvalue weighted by molar-refractivity contribution is 7.85. The molecule has 0 atom stereocenters. The zero-order valence-corrected chi connectivity index (χ0v) is 15.9. The predicted molar refractivity (Wildman–Crippen MR) is 98.5 cm³/mol. The van der Waals surface area contributed by atoms with Crippen LogP contribution in [0.3, 0.4) is 0 Å². The molecule has 0 saturated carbocycles. The van der Waals surface area contributed by atoms with Gasteiger partial charge in [-0.1, -0.05) is 32.1 Å². The zero-order valence-electron chi connectivity index (χ0n) is 14.2. The Morgan fingerprint density at radius 3 is 2.56 bits per heavy atom. The number of aromatic nitrogens is 1. The molecule has 1 heterocycles. The van der Waals surface area contributed by atoms with Crippen molar-refractivity contribution in [1.82, 2.24) is 4.98 Å². The fourth-order valence-corrected chi connectivity index (χ4v) is 3.52. The molecule has 0 aliphatic heterocycles. The summed E-state index contributed by atoms with van der Waals surface area (Å²) in [4.78, 5) is 8.44. The van der Waals surface area contributed by atoms with Crippen LogP contribution in [-0.4, -0.2) is 23.7 Å². The molecule has 0 aliphatic carbocycles. The largest absolute Gasteiger partial charge is 0.400 e. The summed E-state index contributed by atoms with van der Waals surface area (Å²) in [5.41, 5.74) is 7.41. The number of nitrogens with zero attached hydrogens (tertiary/aromatic N) is 3. The lowest BCUT2D eigenvalue weighted by molar-refractivity contribution is 0.483. The van der Waals surface area contributed by atoms with E-state index in [0.29, 0.717) is 32.3 Å². The summed E-state index contributed by atoms with van der Waals surface area (Å²) in [5.74, 6) is 0. The van der Waals surface area contributed by atoms with E-state index >= 15 is 0 Å². The Bertz CT molecular complexity index is 1040. The van der Waals surface area contributed by atoms with E-state index in [1.54, 1.807) is 6.92 Å². The fourth-order valence-electron chi connectivity index (χ4n) is 2.01. The van der Waals surface area contributed by atoms with Gasteiger partial charge in [0.15, 0.2) is 0 Å². The molecule has 25 heavy (non-hydrogen) atoms. The Kier molecular flexibility index (Phi) is 4.99. The van der Waals surface area contributed by atoms with E-state index in [0.717, 1.165) is 11.3 Å². The summed E-state index contributed by atoms with van der Waals surface area (Å²) in [6.07, 6.45) is 0. The predicted octanol–water partition coefficient (Wildman–Crippen LogP) is 3.42. The lowest BCUT2D eigenvalue weighted by atomic mass is 9.88. The van der Waals surface area contributed by atoms with Gasteiger partial charge in [-0.25, -0.2) is 9.98 Å². The number of allylic oxidation sites excluding steroid dienone is 2.